The minimum Gasteiger partial charge on any atom is -0.493 e. The molecule has 0 N–H and O–H groups in total. The molecule has 0 amide bonds. The predicted octanol–water partition coefficient (Wildman–Crippen LogP) is 1.28. The summed E-state index contributed by atoms with van der Waals surface area (Å²) in [6, 6.07) is 3.75. The Balaban J connectivity index is 1.71. The molecule has 0 saturated heterocycles. The van der Waals surface area contributed by atoms with Crippen molar-refractivity contribution in [1.29, 1.82) is 0 Å². The molecule has 7 heteroatoms. The van der Waals surface area contributed by atoms with E-state index in [9.17, 15) is 4.79 Å². The van der Waals surface area contributed by atoms with E-state index < -0.39 is 5.97 Å². The molecule has 0 unspecified atom stereocenters. The van der Waals surface area contributed by atoms with Crippen molar-refractivity contribution in [2.24, 2.45) is 5.16 Å². The van der Waals surface area contributed by atoms with Crippen LogP contribution in [0.1, 0.15) is 12.0 Å². The Kier molecular flexibility index (Phi) is 3.55. The number of benzene rings is 1. The van der Waals surface area contributed by atoms with Crippen molar-refractivity contribution < 1.29 is 28.6 Å². The molecule has 0 saturated carbocycles. The molecule has 2 aliphatic heterocycles. The Labute approximate surface area is 121 Å². The average Bonchev–Trinajstić information content (AvgIpc) is 3.14. The maximum Gasteiger partial charge on any atom is 0.355 e. The van der Waals surface area contributed by atoms with E-state index in [0.717, 1.165) is 5.56 Å². The Morgan fingerprint density at radius 2 is 2.24 bits per heavy atom. The Hall–Kier alpha value is -2.44. The minimum atomic E-state index is -0.458. The zero-order valence-corrected chi connectivity index (χ0v) is 11.8. The highest BCUT2D eigenvalue weighted by Gasteiger charge is 2.28. The van der Waals surface area contributed by atoms with Gasteiger partial charge < -0.3 is 23.8 Å². The Morgan fingerprint density at radius 3 is 3.00 bits per heavy atom. The summed E-state index contributed by atoms with van der Waals surface area (Å²) in [5.41, 5.74) is 1.26. The Bertz CT molecular complexity index is 597. The zero-order chi connectivity index (χ0) is 14.8. The van der Waals surface area contributed by atoms with E-state index in [4.69, 9.17) is 19.0 Å². The molecule has 1 aromatic carbocycles. The quantitative estimate of drug-likeness (QED) is 0.779. The molecule has 2 aliphatic rings. The summed E-state index contributed by atoms with van der Waals surface area (Å²) in [6.45, 7) is 0.185. The van der Waals surface area contributed by atoms with Crippen LogP contribution in [-0.2, 0) is 20.8 Å². The summed E-state index contributed by atoms with van der Waals surface area (Å²) in [6.07, 6.45) is 0.796. The molecular weight excluding hydrogens is 278 g/mol. The van der Waals surface area contributed by atoms with Crippen molar-refractivity contribution in [2.75, 3.05) is 21.0 Å². The maximum atomic E-state index is 11.4. The number of oxime groups is 1. The molecular formula is C14H15NO6. The van der Waals surface area contributed by atoms with Crippen LogP contribution in [0.2, 0.25) is 0 Å². The third-order valence-corrected chi connectivity index (χ3v) is 3.34. The number of fused-ring (bicyclic) bond motifs is 1. The van der Waals surface area contributed by atoms with Crippen LogP contribution in [0.5, 0.6) is 17.2 Å². The largest absolute Gasteiger partial charge is 0.493 e. The van der Waals surface area contributed by atoms with Crippen LogP contribution >= 0.6 is 0 Å². The van der Waals surface area contributed by atoms with E-state index in [0.29, 0.717) is 35.8 Å². The van der Waals surface area contributed by atoms with E-state index >= 15 is 0 Å². The molecule has 7 nitrogen and oxygen atoms in total. The van der Waals surface area contributed by atoms with Gasteiger partial charge in [-0.15, -0.1) is 0 Å². The summed E-state index contributed by atoms with van der Waals surface area (Å²) < 4.78 is 20.6. The number of rotatable bonds is 4. The van der Waals surface area contributed by atoms with Gasteiger partial charge in [-0.1, -0.05) is 5.16 Å². The highest BCUT2D eigenvalue weighted by Crippen LogP contribution is 2.42. The van der Waals surface area contributed by atoms with E-state index in [2.05, 4.69) is 9.89 Å². The topological polar surface area (TPSA) is 75.6 Å². The number of nitrogens with zero attached hydrogens (tertiary/aromatic N) is 1. The predicted molar refractivity (Wildman–Crippen MR) is 71.8 cm³/mol. The van der Waals surface area contributed by atoms with Crippen molar-refractivity contribution in [3.63, 3.8) is 0 Å². The fourth-order valence-electron chi connectivity index (χ4n) is 2.34. The molecule has 3 rings (SSSR count). The summed E-state index contributed by atoms with van der Waals surface area (Å²) in [5, 5.41) is 3.75. The second-order valence-electron chi connectivity index (χ2n) is 4.70. The minimum absolute atomic E-state index is 0.185. The van der Waals surface area contributed by atoms with Crippen molar-refractivity contribution in [3.05, 3.63) is 17.7 Å². The second kappa shape index (κ2) is 5.51. The monoisotopic (exact) mass is 293 g/mol. The fraction of sp³-hybridized carbons (Fsp3) is 0.429. The number of carbonyl (C=O) groups is 1. The lowest BCUT2D eigenvalue weighted by Gasteiger charge is -2.11. The maximum absolute atomic E-state index is 11.4. The lowest BCUT2D eigenvalue weighted by atomic mass is 10.0. The van der Waals surface area contributed by atoms with Crippen LogP contribution in [0.4, 0.5) is 0 Å². The van der Waals surface area contributed by atoms with Gasteiger partial charge in [0.05, 0.1) is 14.2 Å². The highest BCUT2D eigenvalue weighted by molar-refractivity contribution is 6.36. The van der Waals surface area contributed by atoms with Gasteiger partial charge in [0.1, 0.15) is 6.10 Å². The van der Waals surface area contributed by atoms with Gasteiger partial charge in [-0.05, 0) is 17.7 Å². The second-order valence-corrected chi connectivity index (χ2v) is 4.70. The average molecular weight is 293 g/mol. The number of esters is 1. The van der Waals surface area contributed by atoms with Crippen LogP contribution in [-0.4, -0.2) is 38.8 Å². The number of hydrogen-bond acceptors (Lipinski definition) is 7. The van der Waals surface area contributed by atoms with E-state index in [-0.39, 0.29) is 12.9 Å². The molecule has 0 aromatic heterocycles. The third kappa shape index (κ3) is 2.58. The van der Waals surface area contributed by atoms with Crippen molar-refractivity contribution in [2.45, 2.75) is 18.9 Å². The number of hydrogen-bond donors (Lipinski definition) is 0. The molecule has 0 radical (unpaired) electrons. The van der Waals surface area contributed by atoms with Crippen LogP contribution in [0.3, 0.4) is 0 Å². The summed E-state index contributed by atoms with van der Waals surface area (Å²) in [7, 11) is 2.90. The normalized spacial score (nSPS) is 19.0. The van der Waals surface area contributed by atoms with Gasteiger partial charge in [0, 0.05) is 12.8 Å². The first-order chi connectivity index (χ1) is 10.2. The molecule has 112 valence electrons. The zero-order valence-electron chi connectivity index (χ0n) is 11.8. The molecule has 1 aromatic rings. The highest BCUT2D eigenvalue weighted by atomic mass is 16.7. The number of methoxy groups -OCH3 is 2. The molecule has 0 spiro atoms. The van der Waals surface area contributed by atoms with Crippen LogP contribution in [0, 0.1) is 0 Å². The lowest BCUT2D eigenvalue weighted by Crippen LogP contribution is -2.18. The summed E-state index contributed by atoms with van der Waals surface area (Å²) >= 11 is 0. The van der Waals surface area contributed by atoms with Gasteiger partial charge >= 0.3 is 5.97 Å². The SMILES string of the molecule is COC(=O)C1=NO[C@@H](Cc2cc(OC)c3c(c2)OCO3)C1. The Morgan fingerprint density at radius 1 is 1.38 bits per heavy atom. The van der Waals surface area contributed by atoms with Gasteiger partial charge in [0.15, 0.2) is 17.2 Å². The molecule has 0 fully saturated rings. The van der Waals surface area contributed by atoms with Crippen LogP contribution in [0.25, 0.3) is 0 Å². The standard InChI is InChI=1S/C14H15NO6/c1-17-11-4-8(5-12-13(11)20-7-19-12)3-9-6-10(15-21-9)14(16)18-2/h4-5,9H,3,6-7H2,1-2H3/t9-/m0/s1. The van der Waals surface area contributed by atoms with Gasteiger partial charge in [-0.2, -0.15) is 0 Å². The van der Waals surface area contributed by atoms with Gasteiger partial charge in [-0.25, -0.2) is 4.79 Å². The smallest absolute Gasteiger partial charge is 0.355 e. The first-order valence-electron chi connectivity index (χ1n) is 6.48. The molecule has 2 heterocycles. The first-order valence-corrected chi connectivity index (χ1v) is 6.48. The van der Waals surface area contributed by atoms with Crippen LogP contribution in [0.15, 0.2) is 17.3 Å². The first kappa shape index (κ1) is 13.5. The van der Waals surface area contributed by atoms with E-state index in [1.54, 1.807) is 7.11 Å². The van der Waals surface area contributed by atoms with Crippen LogP contribution < -0.4 is 14.2 Å². The fourth-order valence-corrected chi connectivity index (χ4v) is 2.34. The van der Waals surface area contributed by atoms with Crippen molar-refractivity contribution in [1.82, 2.24) is 0 Å². The number of carbonyl (C=O) groups excluding carboxylic acids is 1. The summed E-state index contributed by atoms with van der Waals surface area (Å²) in [5.74, 6) is 1.42. The van der Waals surface area contributed by atoms with Crippen molar-refractivity contribution >= 4 is 11.7 Å². The van der Waals surface area contributed by atoms with Gasteiger partial charge in [0.2, 0.25) is 12.5 Å². The number of ether oxygens (including phenoxy) is 4. The van der Waals surface area contributed by atoms with Gasteiger partial charge in [-0.3, -0.25) is 0 Å². The molecule has 0 aliphatic carbocycles. The molecule has 0 bridgehead atoms. The summed E-state index contributed by atoms with van der Waals surface area (Å²) in [4.78, 5) is 16.6. The van der Waals surface area contributed by atoms with Crippen molar-refractivity contribution in [3.8, 4) is 17.2 Å². The third-order valence-electron chi connectivity index (χ3n) is 3.34. The van der Waals surface area contributed by atoms with E-state index in [1.807, 2.05) is 12.1 Å². The van der Waals surface area contributed by atoms with E-state index in [1.165, 1.54) is 7.11 Å². The molecule has 1 atom stereocenters. The molecule has 21 heavy (non-hydrogen) atoms. The van der Waals surface area contributed by atoms with Gasteiger partial charge in [0.25, 0.3) is 0 Å². The lowest BCUT2D eigenvalue weighted by molar-refractivity contribution is -0.132.